The lowest BCUT2D eigenvalue weighted by atomic mass is 10.1. The molecule has 2 aromatic rings. The Kier molecular flexibility index (Phi) is 6.62. The maximum Gasteiger partial charge on any atom is 0.405 e. The van der Waals surface area contributed by atoms with Crippen LogP contribution in [0.2, 0.25) is 5.02 Å². The molecule has 126 valence electrons. The standard InChI is InChI=1S/C13H10ClF4N3.C2H6/c14-9-4-11(19)10(15)3-8(9)7-1-2-12(20-5-7)21-6-13(16,17)18;1-2/h1-5H,6,19H2,(H,20,21);1-2H3. The van der Waals surface area contributed by atoms with E-state index < -0.39 is 18.5 Å². The summed E-state index contributed by atoms with van der Waals surface area (Å²) in [4.78, 5) is 3.83. The molecule has 3 nitrogen and oxygen atoms in total. The number of pyridine rings is 1. The third kappa shape index (κ3) is 5.59. The van der Waals surface area contributed by atoms with Crippen LogP contribution in [0.5, 0.6) is 0 Å². The van der Waals surface area contributed by atoms with Crippen molar-refractivity contribution in [3.05, 3.63) is 41.3 Å². The lowest BCUT2D eigenvalue weighted by Crippen LogP contribution is -2.21. The molecule has 3 N–H and O–H groups in total. The highest BCUT2D eigenvalue weighted by atomic mass is 35.5. The van der Waals surface area contributed by atoms with E-state index in [1.165, 1.54) is 24.4 Å². The van der Waals surface area contributed by atoms with Crippen LogP contribution in [0.3, 0.4) is 0 Å². The van der Waals surface area contributed by atoms with Crippen molar-refractivity contribution < 1.29 is 17.6 Å². The van der Waals surface area contributed by atoms with Gasteiger partial charge in [0, 0.05) is 17.3 Å². The van der Waals surface area contributed by atoms with Gasteiger partial charge in [-0.2, -0.15) is 13.2 Å². The highest BCUT2D eigenvalue weighted by Crippen LogP contribution is 2.31. The first-order chi connectivity index (χ1) is 10.8. The van der Waals surface area contributed by atoms with Gasteiger partial charge in [0.2, 0.25) is 0 Å². The van der Waals surface area contributed by atoms with Gasteiger partial charge in [-0.25, -0.2) is 9.37 Å². The molecule has 23 heavy (non-hydrogen) atoms. The molecule has 0 saturated heterocycles. The predicted octanol–water partition coefficient (Wildman–Crippen LogP) is 5.12. The van der Waals surface area contributed by atoms with E-state index in [2.05, 4.69) is 10.3 Å². The number of nitrogens with zero attached hydrogens (tertiary/aromatic N) is 1. The van der Waals surface area contributed by atoms with E-state index in [0.717, 1.165) is 6.07 Å². The summed E-state index contributed by atoms with van der Waals surface area (Å²) in [7, 11) is 0. The molecule has 1 aromatic carbocycles. The molecule has 0 saturated carbocycles. The molecular formula is C15H16ClF4N3. The van der Waals surface area contributed by atoms with Gasteiger partial charge in [-0.05, 0) is 24.3 Å². The number of nitrogens with one attached hydrogen (secondary N) is 1. The van der Waals surface area contributed by atoms with Crippen LogP contribution in [-0.4, -0.2) is 17.7 Å². The van der Waals surface area contributed by atoms with Crippen molar-refractivity contribution in [2.75, 3.05) is 17.6 Å². The lowest BCUT2D eigenvalue weighted by Gasteiger charge is -2.10. The van der Waals surface area contributed by atoms with Crippen LogP contribution in [0.25, 0.3) is 11.1 Å². The number of anilines is 2. The van der Waals surface area contributed by atoms with Crippen LogP contribution < -0.4 is 11.1 Å². The summed E-state index contributed by atoms with van der Waals surface area (Å²) >= 11 is 5.96. The third-order valence-electron chi connectivity index (χ3n) is 2.63. The summed E-state index contributed by atoms with van der Waals surface area (Å²) in [5, 5.41) is 2.36. The topological polar surface area (TPSA) is 50.9 Å². The summed E-state index contributed by atoms with van der Waals surface area (Å²) in [6, 6.07) is 5.26. The molecule has 0 aliphatic carbocycles. The zero-order valence-electron chi connectivity index (χ0n) is 12.5. The van der Waals surface area contributed by atoms with Crippen LogP contribution in [0, 0.1) is 5.82 Å². The van der Waals surface area contributed by atoms with Crippen molar-refractivity contribution in [2.45, 2.75) is 20.0 Å². The summed E-state index contributed by atoms with van der Waals surface area (Å²) in [5.74, 6) is -0.572. The number of hydrogen-bond donors (Lipinski definition) is 2. The van der Waals surface area contributed by atoms with Gasteiger partial charge in [-0.3, -0.25) is 0 Å². The predicted molar refractivity (Wildman–Crippen MR) is 84.9 cm³/mol. The van der Waals surface area contributed by atoms with Crippen molar-refractivity contribution in [1.82, 2.24) is 4.98 Å². The Balaban J connectivity index is 0.00000127. The van der Waals surface area contributed by atoms with Crippen molar-refractivity contribution in [1.29, 1.82) is 0 Å². The maximum atomic E-state index is 13.4. The minimum absolute atomic E-state index is 0.0584. The van der Waals surface area contributed by atoms with E-state index in [1.807, 2.05) is 13.8 Å². The van der Waals surface area contributed by atoms with Crippen LogP contribution in [-0.2, 0) is 0 Å². The average molecular weight is 350 g/mol. The lowest BCUT2D eigenvalue weighted by molar-refractivity contribution is -0.115. The fourth-order valence-corrected chi connectivity index (χ4v) is 1.91. The third-order valence-corrected chi connectivity index (χ3v) is 2.94. The Hall–Kier alpha value is -2.02. The fraction of sp³-hybridized carbons (Fsp3) is 0.267. The molecule has 8 heteroatoms. The number of benzene rings is 1. The Morgan fingerprint density at radius 2 is 1.87 bits per heavy atom. The Morgan fingerprint density at radius 3 is 2.39 bits per heavy atom. The molecule has 0 radical (unpaired) electrons. The Labute approximate surface area is 136 Å². The molecule has 2 rings (SSSR count). The molecule has 0 aliphatic rings. The zero-order chi connectivity index (χ0) is 17.6. The van der Waals surface area contributed by atoms with Gasteiger partial charge in [0.25, 0.3) is 0 Å². The summed E-state index contributed by atoms with van der Waals surface area (Å²) < 4.78 is 49.6. The quantitative estimate of drug-likeness (QED) is 0.597. The van der Waals surface area contributed by atoms with Crippen LogP contribution in [0.4, 0.5) is 29.1 Å². The molecule has 0 amide bonds. The first-order valence-corrected chi connectivity index (χ1v) is 7.15. The number of nitrogen functional groups attached to an aromatic ring is 1. The van der Waals surface area contributed by atoms with Gasteiger partial charge in [0.15, 0.2) is 0 Å². The second-order valence-corrected chi connectivity index (χ2v) is 4.66. The van der Waals surface area contributed by atoms with Crippen molar-refractivity contribution >= 4 is 23.1 Å². The molecule has 0 bridgehead atoms. The number of alkyl halides is 3. The van der Waals surface area contributed by atoms with Crippen molar-refractivity contribution in [2.24, 2.45) is 0 Å². The highest BCUT2D eigenvalue weighted by molar-refractivity contribution is 6.33. The van der Waals surface area contributed by atoms with Crippen LogP contribution in [0.15, 0.2) is 30.5 Å². The van der Waals surface area contributed by atoms with E-state index in [4.69, 9.17) is 17.3 Å². The summed E-state index contributed by atoms with van der Waals surface area (Å²) in [6.07, 6.45) is -3.03. The Morgan fingerprint density at radius 1 is 1.22 bits per heavy atom. The van der Waals surface area contributed by atoms with Crippen molar-refractivity contribution in [3.63, 3.8) is 0 Å². The second-order valence-electron chi connectivity index (χ2n) is 4.25. The minimum atomic E-state index is -4.33. The van der Waals surface area contributed by atoms with E-state index in [9.17, 15) is 17.6 Å². The first-order valence-electron chi connectivity index (χ1n) is 6.78. The molecule has 0 aliphatic heterocycles. The van der Waals surface area contributed by atoms with Gasteiger partial charge < -0.3 is 11.1 Å². The molecule has 0 atom stereocenters. The highest BCUT2D eigenvalue weighted by Gasteiger charge is 2.26. The zero-order valence-corrected chi connectivity index (χ0v) is 13.3. The van der Waals surface area contributed by atoms with E-state index in [-0.39, 0.29) is 16.5 Å². The summed E-state index contributed by atoms with van der Waals surface area (Å²) in [6.45, 7) is 2.82. The molecule has 1 heterocycles. The molecule has 0 fully saturated rings. The first kappa shape index (κ1) is 19.0. The van der Waals surface area contributed by atoms with Crippen LogP contribution >= 0.6 is 11.6 Å². The number of rotatable bonds is 3. The number of halogens is 5. The van der Waals surface area contributed by atoms with E-state index in [0.29, 0.717) is 11.1 Å². The Bertz CT molecular complexity index is 642. The fourth-order valence-electron chi connectivity index (χ4n) is 1.63. The van der Waals surface area contributed by atoms with Gasteiger partial charge in [0.05, 0.1) is 10.7 Å². The molecule has 0 unspecified atom stereocenters. The number of hydrogen-bond acceptors (Lipinski definition) is 3. The van der Waals surface area contributed by atoms with Gasteiger partial charge in [0.1, 0.15) is 18.2 Å². The number of aromatic nitrogens is 1. The maximum absolute atomic E-state index is 13.4. The second kappa shape index (κ2) is 8.01. The largest absolute Gasteiger partial charge is 0.405 e. The van der Waals surface area contributed by atoms with Crippen molar-refractivity contribution in [3.8, 4) is 11.1 Å². The summed E-state index contributed by atoms with van der Waals surface area (Å²) in [5.41, 5.74) is 6.13. The molecule has 0 spiro atoms. The molecular weight excluding hydrogens is 334 g/mol. The average Bonchev–Trinajstić information content (AvgIpc) is 2.51. The van der Waals surface area contributed by atoms with Crippen LogP contribution in [0.1, 0.15) is 13.8 Å². The number of nitrogens with two attached hydrogens (primary N) is 1. The normalized spacial score (nSPS) is 10.7. The molecule has 1 aromatic heterocycles. The van der Waals surface area contributed by atoms with Gasteiger partial charge >= 0.3 is 6.18 Å². The monoisotopic (exact) mass is 349 g/mol. The minimum Gasteiger partial charge on any atom is -0.396 e. The van der Waals surface area contributed by atoms with E-state index >= 15 is 0 Å². The SMILES string of the molecule is CC.Nc1cc(Cl)c(-c2ccc(NCC(F)(F)F)nc2)cc1F. The van der Waals surface area contributed by atoms with Gasteiger partial charge in [-0.15, -0.1) is 0 Å². The van der Waals surface area contributed by atoms with E-state index in [1.54, 1.807) is 0 Å². The smallest absolute Gasteiger partial charge is 0.396 e. The van der Waals surface area contributed by atoms with Gasteiger partial charge in [-0.1, -0.05) is 25.4 Å².